The molecule has 3 aliphatic heterocycles. The van der Waals surface area contributed by atoms with Crippen LogP contribution in [0.15, 0.2) is 35.9 Å². The molecular weight excluding hydrogens is 453 g/mol. The third kappa shape index (κ3) is 5.74. The van der Waals surface area contributed by atoms with Gasteiger partial charge in [0.2, 0.25) is 0 Å². The van der Waals surface area contributed by atoms with Crippen LogP contribution in [0.25, 0.3) is 0 Å². The average Bonchev–Trinajstić information content (AvgIpc) is 3.66. The molecule has 8 heteroatoms. The first-order valence-electron chi connectivity index (χ1n) is 12.6. The van der Waals surface area contributed by atoms with E-state index in [0.29, 0.717) is 12.1 Å². The highest BCUT2D eigenvalue weighted by Crippen LogP contribution is 2.39. The maximum atomic E-state index is 14.7. The van der Waals surface area contributed by atoms with Gasteiger partial charge in [-0.05, 0) is 37.8 Å². The van der Waals surface area contributed by atoms with Gasteiger partial charge in [-0.2, -0.15) is 12.6 Å². The number of hydrogen-bond acceptors (Lipinski definition) is 7. The number of benzene rings is 1. The van der Waals surface area contributed by atoms with Crippen molar-refractivity contribution in [2.75, 3.05) is 52.4 Å². The first-order valence-corrected chi connectivity index (χ1v) is 13.1. The molecule has 2 atom stereocenters. The number of carbonyl (C=O) groups excluding carboxylic acids is 1. The zero-order valence-corrected chi connectivity index (χ0v) is 20.8. The van der Waals surface area contributed by atoms with Gasteiger partial charge in [-0.3, -0.25) is 19.5 Å². The summed E-state index contributed by atoms with van der Waals surface area (Å²) in [6.07, 6.45) is 4.87. The Hall–Kier alpha value is -1.29. The van der Waals surface area contributed by atoms with Crippen LogP contribution in [0.2, 0.25) is 0 Å². The number of Topliss-reactive ketones (excluding diaryl/α,β-unsaturated/α-hetero) is 1. The van der Waals surface area contributed by atoms with Crippen molar-refractivity contribution in [3.63, 3.8) is 0 Å². The lowest BCUT2D eigenvalue weighted by atomic mass is 9.93. The van der Waals surface area contributed by atoms with E-state index < -0.39 is 6.04 Å². The fraction of sp³-hybridized carbons (Fsp3) is 0.654. The molecule has 1 aromatic carbocycles. The molecule has 0 N–H and O–H groups in total. The summed E-state index contributed by atoms with van der Waals surface area (Å²) in [5, 5.41) is 0.185. The predicted octanol–water partition coefficient (Wildman–Crippen LogP) is 3.11. The topological polar surface area (TPSA) is 45.2 Å². The average molecular weight is 490 g/mol. The lowest BCUT2D eigenvalue weighted by Gasteiger charge is -2.40. The minimum Gasteiger partial charge on any atom is -0.323 e. The van der Waals surface area contributed by atoms with E-state index in [4.69, 9.17) is 22.1 Å². The normalized spacial score (nSPS) is 31.4. The van der Waals surface area contributed by atoms with Crippen LogP contribution in [0.5, 0.6) is 0 Å². The fourth-order valence-corrected chi connectivity index (χ4v) is 5.57. The Bertz CT molecular complexity index is 897. The van der Waals surface area contributed by atoms with Gasteiger partial charge in [-0.25, -0.2) is 4.39 Å². The van der Waals surface area contributed by atoms with E-state index in [2.05, 4.69) is 20.8 Å². The van der Waals surface area contributed by atoms with Gasteiger partial charge in [0, 0.05) is 69.1 Å². The lowest BCUT2D eigenvalue weighted by Crippen LogP contribution is -2.52. The Labute approximate surface area is 207 Å². The highest BCUT2D eigenvalue weighted by atomic mass is 32.1. The number of piperidine rings is 1. The molecule has 0 radical (unpaired) electrons. The molecular formula is C26H36FN3O3S. The number of likely N-dealkylation sites (tertiary alicyclic amines) is 1. The molecule has 186 valence electrons. The smallest absolute Gasteiger partial charge is 0.176 e. The molecule has 3 heterocycles. The Kier molecular flexibility index (Phi) is 7.73. The van der Waals surface area contributed by atoms with Crippen LogP contribution in [-0.2, 0) is 14.3 Å². The Balaban J connectivity index is 1.20. The summed E-state index contributed by atoms with van der Waals surface area (Å²) < 4.78 is 25.9. The molecule has 3 saturated heterocycles. The van der Waals surface area contributed by atoms with Gasteiger partial charge in [0.05, 0.1) is 6.04 Å². The van der Waals surface area contributed by atoms with Crippen molar-refractivity contribution >= 4 is 18.4 Å². The third-order valence-corrected chi connectivity index (χ3v) is 8.08. The number of piperazine rings is 1. The minimum atomic E-state index is -0.500. The third-order valence-electron chi connectivity index (χ3n) is 7.49. The molecule has 4 fully saturated rings. The molecule has 6 nitrogen and oxygen atoms in total. The van der Waals surface area contributed by atoms with Gasteiger partial charge in [-0.1, -0.05) is 24.3 Å². The van der Waals surface area contributed by atoms with E-state index in [9.17, 15) is 9.18 Å². The molecule has 0 amide bonds. The van der Waals surface area contributed by atoms with E-state index in [1.807, 2.05) is 13.0 Å². The lowest BCUT2D eigenvalue weighted by molar-refractivity contribution is -0.378. The van der Waals surface area contributed by atoms with Gasteiger partial charge in [-0.15, -0.1) is 0 Å². The molecule has 0 bridgehead atoms. The maximum absolute atomic E-state index is 14.7. The van der Waals surface area contributed by atoms with Crippen LogP contribution in [0.3, 0.4) is 0 Å². The highest BCUT2D eigenvalue weighted by Gasteiger charge is 2.41. The first-order chi connectivity index (χ1) is 16.5. The van der Waals surface area contributed by atoms with Crippen LogP contribution in [-0.4, -0.2) is 90.7 Å². The van der Waals surface area contributed by atoms with Crippen molar-refractivity contribution in [1.82, 2.24) is 14.7 Å². The zero-order valence-electron chi connectivity index (χ0n) is 19.9. The number of halogens is 1. The monoisotopic (exact) mass is 489 g/mol. The van der Waals surface area contributed by atoms with Gasteiger partial charge >= 0.3 is 0 Å². The summed E-state index contributed by atoms with van der Waals surface area (Å²) in [6, 6.07) is 6.26. The molecule has 2 unspecified atom stereocenters. The van der Waals surface area contributed by atoms with Crippen molar-refractivity contribution in [2.24, 2.45) is 5.92 Å². The number of nitrogens with zero attached hydrogens (tertiary/aromatic N) is 3. The number of rotatable bonds is 8. The summed E-state index contributed by atoms with van der Waals surface area (Å²) in [7, 11) is 0. The van der Waals surface area contributed by atoms with Gasteiger partial charge in [0.15, 0.2) is 18.4 Å². The molecule has 1 saturated carbocycles. The number of ketones is 1. The quantitative estimate of drug-likeness (QED) is 0.447. The van der Waals surface area contributed by atoms with Crippen molar-refractivity contribution in [3.8, 4) is 0 Å². The predicted molar refractivity (Wildman–Crippen MR) is 132 cm³/mol. The van der Waals surface area contributed by atoms with Crippen molar-refractivity contribution in [2.45, 2.75) is 50.1 Å². The van der Waals surface area contributed by atoms with Crippen LogP contribution in [0.1, 0.15) is 37.8 Å². The van der Waals surface area contributed by atoms with Crippen molar-refractivity contribution < 1.29 is 18.7 Å². The summed E-state index contributed by atoms with van der Waals surface area (Å²) in [5.41, 5.74) is 1.76. The Morgan fingerprint density at radius 2 is 1.82 bits per heavy atom. The fourth-order valence-electron chi connectivity index (χ4n) is 5.27. The second kappa shape index (κ2) is 10.8. The Morgan fingerprint density at radius 1 is 1.12 bits per heavy atom. The second-order valence-electron chi connectivity index (χ2n) is 10.0. The van der Waals surface area contributed by atoms with Crippen LogP contribution in [0, 0.1) is 11.7 Å². The standard InChI is InChI=1S/C26H36FN3O3S/c1-18-32-24(33-18)17-29-14-12-28(13-15-29)10-8-20-16-30(11-9-23(20)34)25(26(31)19-6-7-19)21-4-2-3-5-22(21)27/h2-5,8,18-19,23-25,34H,6-7,9-17H2,1H3/b20-8+. The van der Waals surface area contributed by atoms with E-state index in [1.165, 1.54) is 11.6 Å². The van der Waals surface area contributed by atoms with Crippen LogP contribution < -0.4 is 0 Å². The molecule has 0 aromatic heterocycles. The SMILES string of the molecule is CC1OC(CN2CCN(C/C=C3\CN(C(C(=O)C4CC4)c4ccccc4F)CCC3S)CC2)O1. The van der Waals surface area contributed by atoms with Crippen molar-refractivity contribution in [3.05, 3.63) is 47.3 Å². The van der Waals surface area contributed by atoms with E-state index in [1.54, 1.807) is 12.1 Å². The van der Waals surface area contributed by atoms with Crippen LogP contribution >= 0.6 is 12.6 Å². The van der Waals surface area contributed by atoms with Crippen LogP contribution in [0.4, 0.5) is 4.39 Å². The van der Waals surface area contributed by atoms with Gasteiger partial charge < -0.3 is 9.47 Å². The molecule has 4 aliphatic rings. The minimum absolute atomic E-state index is 0.0697. The number of thiol groups is 1. The number of ether oxygens (including phenoxy) is 2. The molecule has 34 heavy (non-hydrogen) atoms. The second-order valence-corrected chi connectivity index (χ2v) is 10.6. The molecule has 0 spiro atoms. The summed E-state index contributed by atoms with van der Waals surface area (Å²) in [6.45, 7) is 9.07. The maximum Gasteiger partial charge on any atom is 0.176 e. The van der Waals surface area contributed by atoms with Gasteiger partial charge in [0.1, 0.15) is 5.82 Å². The van der Waals surface area contributed by atoms with E-state index in [-0.39, 0.29) is 35.3 Å². The summed E-state index contributed by atoms with van der Waals surface area (Å²) in [5.74, 6) is -0.0296. The summed E-state index contributed by atoms with van der Waals surface area (Å²) in [4.78, 5) is 20.3. The Morgan fingerprint density at radius 3 is 2.50 bits per heavy atom. The molecule has 1 aromatic rings. The van der Waals surface area contributed by atoms with E-state index in [0.717, 1.165) is 65.1 Å². The first kappa shape index (κ1) is 24.4. The largest absolute Gasteiger partial charge is 0.323 e. The number of hydrogen-bond donors (Lipinski definition) is 1. The van der Waals surface area contributed by atoms with Gasteiger partial charge in [0.25, 0.3) is 0 Å². The zero-order chi connectivity index (χ0) is 23.7. The van der Waals surface area contributed by atoms with E-state index >= 15 is 0 Å². The highest BCUT2D eigenvalue weighted by molar-refractivity contribution is 7.81. The number of carbonyl (C=O) groups is 1. The molecule has 1 aliphatic carbocycles. The summed E-state index contributed by atoms with van der Waals surface area (Å²) >= 11 is 4.84. The van der Waals surface area contributed by atoms with Crippen molar-refractivity contribution in [1.29, 1.82) is 0 Å². The molecule has 5 rings (SSSR count).